The summed E-state index contributed by atoms with van der Waals surface area (Å²) in [6.45, 7) is 4.70. The number of hydrogen-bond donors (Lipinski definition) is 1. The molecule has 0 bridgehead atoms. The number of hydrogen-bond acceptors (Lipinski definition) is 4. The van der Waals surface area contributed by atoms with E-state index in [0.717, 1.165) is 11.1 Å². The zero-order chi connectivity index (χ0) is 18.8. The van der Waals surface area contributed by atoms with Crippen LogP contribution < -0.4 is 14.8 Å². The first-order valence-electron chi connectivity index (χ1n) is 8.91. The van der Waals surface area contributed by atoms with Crippen LogP contribution in [0.25, 0.3) is 0 Å². The van der Waals surface area contributed by atoms with Crippen molar-refractivity contribution in [1.29, 1.82) is 0 Å². The second kappa shape index (κ2) is 10.5. The molecule has 0 aromatic heterocycles. The average Bonchev–Trinajstić information content (AvgIpc) is 2.69. The Kier molecular flexibility index (Phi) is 7.96. The molecule has 1 N–H and O–H groups in total. The third-order valence-electron chi connectivity index (χ3n) is 4.24. The minimum Gasteiger partial charge on any atom is -0.493 e. The highest BCUT2D eigenvalue weighted by Crippen LogP contribution is 2.27. The van der Waals surface area contributed by atoms with Crippen molar-refractivity contribution in [2.75, 3.05) is 27.3 Å². The van der Waals surface area contributed by atoms with E-state index in [0.29, 0.717) is 44.1 Å². The lowest BCUT2D eigenvalue weighted by Gasteiger charge is -2.21. The molecule has 0 saturated heterocycles. The van der Waals surface area contributed by atoms with E-state index < -0.39 is 0 Å². The molecule has 0 atom stereocenters. The SMILES string of the molecule is CCN(Cc1ccccc1)C(=O)CCNCc1ccc(OC)c(OC)c1. The molecule has 5 heteroatoms. The maximum atomic E-state index is 12.4. The Morgan fingerprint density at radius 3 is 2.38 bits per heavy atom. The van der Waals surface area contributed by atoms with E-state index in [1.165, 1.54) is 0 Å². The fourth-order valence-electron chi connectivity index (χ4n) is 2.76. The first kappa shape index (κ1) is 19.8. The van der Waals surface area contributed by atoms with Crippen molar-refractivity contribution in [3.05, 3.63) is 59.7 Å². The Hall–Kier alpha value is -2.53. The Balaban J connectivity index is 1.78. The van der Waals surface area contributed by atoms with Gasteiger partial charge in [0, 0.05) is 32.6 Å². The molecule has 0 heterocycles. The van der Waals surface area contributed by atoms with Gasteiger partial charge in [-0.1, -0.05) is 36.4 Å². The predicted octanol–water partition coefficient (Wildman–Crippen LogP) is 3.23. The van der Waals surface area contributed by atoms with Crippen LogP contribution in [0.5, 0.6) is 11.5 Å². The lowest BCUT2D eigenvalue weighted by molar-refractivity contribution is -0.131. The number of methoxy groups -OCH3 is 2. The summed E-state index contributed by atoms with van der Waals surface area (Å²) >= 11 is 0. The van der Waals surface area contributed by atoms with E-state index in [-0.39, 0.29) is 5.91 Å². The van der Waals surface area contributed by atoms with Crippen LogP contribution in [0.1, 0.15) is 24.5 Å². The van der Waals surface area contributed by atoms with Gasteiger partial charge in [0.1, 0.15) is 0 Å². The van der Waals surface area contributed by atoms with Gasteiger partial charge in [0.2, 0.25) is 5.91 Å². The van der Waals surface area contributed by atoms with Crippen LogP contribution in [0.2, 0.25) is 0 Å². The molecule has 26 heavy (non-hydrogen) atoms. The van der Waals surface area contributed by atoms with E-state index in [9.17, 15) is 4.79 Å². The molecule has 0 spiro atoms. The topological polar surface area (TPSA) is 50.8 Å². The minimum absolute atomic E-state index is 0.163. The van der Waals surface area contributed by atoms with Gasteiger partial charge in [-0.25, -0.2) is 0 Å². The fraction of sp³-hybridized carbons (Fsp3) is 0.381. The molecule has 2 rings (SSSR count). The molecule has 1 amide bonds. The summed E-state index contributed by atoms with van der Waals surface area (Å²) in [7, 11) is 3.25. The van der Waals surface area contributed by atoms with Crippen molar-refractivity contribution in [3.63, 3.8) is 0 Å². The summed E-state index contributed by atoms with van der Waals surface area (Å²) in [4.78, 5) is 14.3. The quantitative estimate of drug-likeness (QED) is 0.664. The fourth-order valence-corrected chi connectivity index (χ4v) is 2.76. The highest BCUT2D eigenvalue weighted by atomic mass is 16.5. The van der Waals surface area contributed by atoms with E-state index in [4.69, 9.17) is 9.47 Å². The molecule has 140 valence electrons. The van der Waals surface area contributed by atoms with Crippen molar-refractivity contribution in [3.8, 4) is 11.5 Å². The number of carbonyl (C=O) groups is 1. The van der Waals surface area contributed by atoms with E-state index in [1.807, 2.05) is 60.4 Å². The number of amides is 1. The van der Waals surface area contributed by atoms with Gasteiger partial charge in [-0.15, -0.1) is 0 Å². The smallest absolute Gasteiger partial charge is 0.224 e. The van der Waals surface area contributed by atoms with Gasteiger partial charge in [-0.2, -0.15) is 0 Å². The van der Waals surface area contributed by atoms with Gasteiger partial charge in [-0.3, -0.25) is 4.79 Å². The van der Waals surface area contributed by atoms with Gasteiger partial charge >= 0.3 is 0 Å². The molecule has 0 aliphatic rings. The molecule has 0 saturated carbocycles. The number of carbonyl (C=O) groups excluding carboxylic acids is 1. The van der Waals surface area contributed by atoms with E-state index in [1.54, 1.807) is 14.2 Å². The monoisotopic (exact) mass is 356 g/mol. The second-order valence-corrected chi connectivity index (χ2v) is 6.01. The molecule has 0 aliphatic carbocycles. The Bertz CT molecular complexity index is 689. The van der Waals surface area contributed by atoms with Crippen LogP contribution in [-0.2, 0) is 17.9 Å². The van der Waals surface area contributed by atoms with Gasteiger partial charge in [0.05, 0.1) is 14.2 Å². The van der Waals surface area contributed by atoms with E-state index >= 15 is 0 Å². The zero-order valence-electron chi connectivity index (χ0n) is 15.8. The van der Waals surface area contributed by atoms with Gasteiger partial charge in [-0.05, 0) is 30.2 Å². The zero-order valence-corrected chi connectivity index (χ0v) is 15.8. The van der Waals surface area contributed by atoms with Crippen LogP contribution >= 0.6 is 0 Å². The normalized spacial score (nSPS) is 10.4. The number of benzene rings is 2. The highest BCUT2D eigenvalue weighted by Gasteiger charge is 2.11. The van der Waals surface area contributed by atoms with E-state index in [2.05, 4.69) is 5.32 Å². The van der Waals surface area contributed by atoms with Crippen molar-refractivity contribution in [2.45, 2.75) is 26.4 Å². The van der Waals surface area contributed by atoms with Crippen LogP contribution in [0.3, 0.4) is 0 Å². The molecule has 5 nitrogen and oxygen atoms in total. The lowest BCUT2D eigenvalue weighted by atomic mass is 10.2. The van der Waals surface area contributed by atoms with Crippen molar-refractivity contribution in [2.24, 2.45) is 0 Å². The minimum atomic E-state index is 0.163. The first-order chi connectivity index (χ1) is 12.7. The summed E-state index contributed by atoms with van der Waals surface area (Å²) in [5.74, 6) is 1.59. The van der Waals surface area contributed by atoms with Crippen molar-refractivity contribution >= 4 is 5.91 Å². The third kappa shape index (κ3) is 5.77. The summed E-state index contributed by atoms with van der Waals surface area (Å²) in [5, 5.41) is 3.32. The molecular weight excluding hydrogens is 328 g/mol. The maximum Gasteiger partial charge on any atom is 0.224 e. The van der Waals surface area contributed by atoms with Gasteiger partial charge in [0.25, 0.3) is 0 Å². The van der Waals surface area contributed by atoms with Crippen molar-refractivity contribution < 1.29 is 14.3 Å². The van der Waals surface area contributed by atoms with Crippen molar-refractivity contribution in [1.82, 2.24) is 10.2 Å². The Morgan fingerprint density at radius 1 is 1.00 bits per heavy atom. The molecular formula is C21H28N2O3. The summed E-state index contributed by atoms with van der Waals surface area (Å²) in [6, 6.07) is 15.9. The van der Waals surface area contributed by atoms with Gasteiger partial charge in [0.15, 0.2) is 11.5 Å². The van der Waals surface area contributed by atoms with Crippen LogP contribution in [0, 0.1) is 0 Å². The number of rotatable bonds is 10. The predicted molar refractivity (Wildman–Crippen MR) is 103 cm³/mol. The first-order valence-corrected chi connectivity index (χ1v) is 8.91. The van der Waals surface area contributed by atoms with Crippen LogP contribution in [0.4, 0.5) is 0 Å². The molecule has 0 unspecified atom stereocenters. The Labute approximate surface area is 155 Å². The van der Waals surface area contributed by atoms with Crippen LogP contribution in [-0.4, -0.2) is 38.1 Å². The summed E-state index contributed by atoms with van der Waals surface area (Å²) < 4.78 is 10.6. The largest absolute Gasteiger partial charge is 0.493 e. The molecule has 2 aromatic rings. The van der Waals surface area contributed by atoms with Gasteiger partial charge < -0.3 is 19.7 Å². The third-order valence-corrected chi connectivity index (χ3v) is 4.24. The lowest BCUT2D eigenvalue weighted by Crippen LogP contribution is -2.32. The number of nitrogens with one attached hydrogen (secondary N) is 1. The second-order valence-electron chi connectivity index (χ2n) is 6.01. The molecule has 0 fully saturated rings. The standard InChI is InChI=1S/C21H28N2O3/c1-4-23(16-17-8-6-5-7-9-17)21(24)12-13-22-15-18-10-11-19(25-2)20(14-18)26-3/h5-11,14,22H,4,12-13,15-16H2,1-3H3. The summed E-state index contributed by atoms with van der Waals surface area (Å²) in [6.07, 6.45) is 0.480. The number of nitrogens with zero attached hydrogens (tertiary/aromatic N) is 1. The maximum absolute atomic E-state index is 12.4. The molecule has 2 aromatic carbocycles. The molecule has 0 radical (unpaired) electrons. The summed E-state index contributed by atoms with van der Waals surface area (Å²) in [5.41, 5.74) is 2.24. The Morgan fingerprint density at radius 2 is 1.73 bits per heavy atom. The highest BCUT2D eigenvalue weighted by molar-refractivity contribution is 5.76. The average molecular weight is 356 g/mol. The number of ether oxygens (including phenoxy) is 2. The van der Waals surface area contributed by atoms with Crippen LogP contribution in [0.15, 0.2) is 48.5 Å². The molecule has 0 aliphatic heterocycles.